The van der Waals surface area contributed by atoms with Crippen molar-refractivity contribution in [2.45, 2.75) is 26.3 Å². The van der Waals surface area contributed by atoms with E-state index in [9.17, 15) is 8.42 Å². The van der Waals surface area contributed by atoms with Gasteiger partial charge in [-0.1, -0.05) is 12.1 Å². The maximum atomic E-state index is 11.9. The van der Waals surface area contributed by atoms with E-state index in [4.69, 9.17) is 4.74 Å². The molecule has 1 aliphatic heterocycles. The monoisotopic (exact) mass is 269 g/mol. The number of hydrogen-bond acceptors (Lipinski definition) is 3. The number of rotatable bonds is 4. The molecule has 1 heterocycles. The normalized spacial score (nSPS) is 19.6. The van der Waals surface area contributed by atoms with Crippen molar-refractivity contribution in [3.63, 3.8) is 0 Å². The molecule has 100 valence electrons. The smallest absolute Gasteiger partial charge is 0.214 e. The van der Waals surface area contributed by atoms with Crippen LogP contribution in [0, 0.1) is 0 Å². The molecule has 0 aromatic heterocycles. The van der Waals surface area contributed by atoms with Crippen molar-refractivity contribution in [3.8, 4) is 5.75 Å². The predicted octanol–water partition coefficient (Wildman–Crippen LogP) is 2.01. The highest BCUT2D eigenvalue weighted by molar-refractivity contribution is 7.89. The van der Waals surface area contributed by atoms with Crippen LogP contribution in [0.4, 0.5) is 0 Å². The van der Waals surface area contributed by atoms with Crippen molar-refractivity contribution in [1.82, 2.24) is 4.31 Å². The molecule has 2 rings (SSSR count). The lowest BCUT2D eigenvalue weighted by Gasteiger charge is -2.26. The largest absolute Gasteiger partial charge is 0.494 e. The first-order valence-electron chi connectivity index (χ1n) is 6.31. The highest BCUT2D eigenvalue weighted by atomic mass is 32.2. The van der Waals surface area contributed by atoms with Crippen molar-refractivity contribution in [2.24, 2.45) is 0 Å². The Labute approximate surface area is 109 Å². The van der Waals surface area contributed by atoms with Gasteiger partial charge in [0.15, 0.2) is 0 Å². The van der Waals surface area contributed by atoms with E-state index in [2.05, 4.69) is 0 Å². The minimum absolute atomic E-state index is 0.276. The third-order valence-corrected chi connectivity index (χ3v) is 4.92. The van der Waals surface area contributed by atoms with E-state index in [1.165, 1.54) is 0 Å². The van der Waals surface area contributed by atoms with Crippen LogP contribution < -0.4 is 4.74 Å². The number of nitrogens with zero attached hydrogens (tertiary/aromatic N) is 1. The molecule has 0 bridgehead atoms. The second-order valence-corrected chi connectivity index (χ2v) is 6.53. The standard InChI is InChI=1S/C13H19NO3S/c1-2-17-13-7-5-6-12(10-13)11-14-8-3-4-9-18(14,15)16/h5-7,10H,2-4,8-9,11H2,1H3. The summed E-state index contributed by atoms with van der Waals surface area (Å²) >= 11 is 0. The van der Waals surface area contributed by atoms with Crippen LogP contribution in [0.15, 0.2) is 24.3 Å². The Kier molecular flexibility index (Phi) is 4.24. The van der Waals surface area contributed by atoms with Crippen LogP contribution in [0.2, 0.25) is 0 Å². The van der Waals surface area contributed by atoms with Crippen LogP contribution >= 0.6 is 0 Å². The first-order chi connectivity index (χ1) is 8.62. The molecule has 0 amide bonds. The third kappa shape index (κ3) is 3.23. The molecular weight excluding hydrogens is 250 g/mol. The topological polar surface area (TPSA) is 46.6 Å². The van der Waals surface area contributed by atoms with Crippen LogP contribution in [-0.2, 0) is 16.6 Å². The molecule has 1 aliphatic rings. The summed E-state index contributed by atoms with van der Waals surface area (Å²) in [5, 5.41) is 0. The van der Waals surface area contributed by atoms with Gasteiger partial charge in [0.25, 0.3) is 0 Å². The Hall–Kier alpha value is -1.07. The van der Waals surface area contributed by atoms with Gasteiger partial charge in [0.2, 0.25) is 10.0 Å². The van der Waals surface area contributed by atoms with E-state index in [0.717, 1.165) is 24.2 Å². The molecular formula is C13H19NO3S. The molecule has 4 nitrogen and oxygen atoms in total. The number of ether oxygens (including phenoxy) is 1. The number of sulfonamides is 1. The molecule has 0 atom stereocenters. The van der Waals surface area contributed by atoms with Crippen molar-refractivity contribution in [1.29, 1.82) is 0 Å². The van der Waals surface area contributed by atoms with E-state index >= 15 is 0 Å². The van der Waals surface area contributed by atoms with Crippen LogP contribution in [0.5, 0.6) is 5.75 Å². The molecule has 1 aromatic rings. The Balaban J connectivity index is 2.10. The summed E-state index contributed by atoms with van der Waals surface area (Å²) < 4.78 is 30.8. The van der Waals surface area contributed by atoms with Gasteiger partial charge in [-0.15, -0.1) is 0 Å². The zero-order valence-corrected chi connectivity index (χ0v) is 11.4. The SMILES string of the molecule is CCOc1cccc(CN2CCCCS2(=O)=O)c1. The fraction of sp³-hybridized carbons (Fsp3) is 0.538. The molecule has 0 unspecified atom stereocenters. The maximum Gasteiger partial charge on any atom is 0.214 e. The van der Waals surface area contributed by atoms with Crippen molar-refractivity contribution in [3.05, 3.63) is 29.8 Å². The summed E-state index contributed by atoms with van der Waals surface area (Å²) in [6.07, 6.45) is 1.72. The molecule has 0 aliphatic carbocycles. The average Bonchev–Trinajstić information content (AvgIpc) is 2.33. The Morgan fingerprint density at radius 1 is 1.33 bits per heavy atom. The molecule has 0 radical (unpaired) electrons. The van der Waals surface area contributed by atoms with Gasteiger partial charge >= 0.3 is 0 Å². The summed E-state index contributed by atoms with van der Waals surface area (Å²) in [5.74, 6) is 1.07. The summed E-state index contributed by atoms with van der Waals surface area (Å²) in [6.45, 7) is 3.62. The Morgan fingerprint density at radius 3 is 2.89 bits per heavy atom. The molecule has 0 N–H and O–H groups in total. The van der Waals surface area contributed by atoms with Crippen LogP contribution in [-0.4, -0.2) is 31.6 Å². The van der Waals surface area contributed by atoms with E-state index < -0.39 is 10.0 Å². The quantitative estimate of drug-likeness (QED) is 0.840. The second kappa shape index (κ2) is 5.71. The Bertz CT molecular complexity index is 499. The number of benzene rings is 1. The van der Waals surface area contributed by atoms with Gasteiger partial charge in [-0.25, -0.2) is 8.42 Å². The maximum absolute atomic E-state index is 11.9. The second-order valence-electron chi connectivity index (χ2n) is 4.44. The fourth-order valence-corrected chi connectivity index (χ4v) is 3.70. The van der Waals surface area contributed by atoms with E-state index in [0.29, 0.717) is 19.7 Å². The van der Waals surface area contributed by atoms with Gasteiger partial charge in [-0.3, -0.25) is 0 Å². The molecule has 0 saturated carbocycles. The van der Waals surface area contributed by atoms with Gasteiger partial charge < -0.3 is 4.74 Å². The highest BCUT2D eigenvalue weighted by Gasteiger charge is 2.25. The van der Waals surface area contributed by atoms with Gasteiger partial charge in [0, 0.05) is 13.1 Å². The van der Waals surface area contributed by atoms with E-state index in [1.807, 2.05) is 31.2 Å². The summed E-state index contributed by atoms with van der Waals surface area (Å²) in [5.41, 5.74) is 0.978. The number of hydrogen-bond donors (Lipinski definition) is 0. The minimum Gasteiger partial charge on any atom is -0.494 e. The zero-order chi connectivity index (χ0) is 13.0. The van der Waals surface area contributed by atoms with E-state index in [1.54, 1.807) is 4.31 Å². The first kappa shape index (κ1) is 13.4. The molecule has 1 fully saturated rings. The van der Waals surface area contributed by atoms with Crippen LogP contribution in [0.25, 0.3) is 0 Å². The lowest BCUT2D eigenvalue weighted by molar-refractivity contribution is 0.338. The lowest BCUT2D eigenvalue weighted by atomic mass is 10.2. The van der Waals surface area contributed by atoms with Gasteiger partial charge in [-0.05, 0) is 37.5 Å². The summed E-state index contributed by atoms with van der Waals surface area (Å²) in [7, 11) is -3.05. The molecule has 18 heavy (non-hydrogen) atoms. The van der Waals surface area contributed by atoms with Crippen LogP contribution in [0.1, 0.15) is 25.3 Å². The Morgan fingerprint density at radius 2 is 2.17 bits per heavy atom. The molecule has 1 saturated heterocycles. The average molecular weight is 269 g/mol. The fourth-order valence-electron chi connectivity index (χ4n) is 2.12. The molecule has 0 spiro atoms. The van der Waals surface area contributed by atoms with Crippen molar-refractivity contribution >= 4 is 10.0 Å². The van der Waals surface area contributed by atoms with Gasteiger partial charge in [-0.2, -0.15) is 4.31 Å². The van der Waals surface area contributed by atoms with Crippen LogP contribution in [0.3, 0.4) is 0 Å². The molecule has 1 aromatic carbocycles. The van der Waals surface area contributed by atoms with E-state index in [-0.39, 0.29) is 5.75 Å². The van der Waals surface area contributed by atoms with Crippen molar-refractivity contribution < 1.29 is 13.2 Å². The lowest BCUT2D eigenvalue weighted by Crippen LogP contribution is -2.37. The minimum atomic E-state index is -3.05. The van der Waals surface area contributed by atoms with Gasteiger partial charge in [0.1, 0.15) is 5.75 Å². The zero-order valence-electron chi connectivity index (χ0n) is 10.6. The molecule has 5 heteroatoms. The summed E-state index contributed by atoms with van der Waals surface area (Å²) in [4.78, 5) is 0. The third-order valence-electron chi connectivity index (χ3n) is 3.02. The van der Waals surface area contributed by atoms with Gasteiger partial charge in [0.05, 0.1) is 12.4 Å². The van der Waals surface area contributed by atoms with Crippen molar-refractivity contribution in [2.75, 3.05) is 18.9 Å². The predicted molar refractivity (Wildman–Crippen MR) is 71.0 cm³/mol. The summed E-state index contributed by atoms with van der Waals surface area (Å²) in [6, 6.07) is 7.63. The first-order valence-corrected chi connectivity index (χ1v) is 7.92. The highest BCUT2D eigenvalue weighted by Crippen LogP contribution is 2.19.